The molecule has 1 aromatic heterocycles. The predicted octanol–water partition coefficient (Wildman–Crippen LogP) is 0.922. The maximum Gasteiger partial charge on any atom is 0.338 e. The molecule has 1 aliphatic heterocycles. The molecule has 0 saturated heterocycles. The Hall–Kier alpha value is -3.23. The number of aryl methyl sites for hydroxylation is 1. The number of amides is 2. The van der Waals surface area contributed by atoms with E-state index in [1.165, 1.54) is 12.1 Å². The van der Waals surface area contributed by atoms with Gasteiger partial charge in [0.2, 0.25) is 5.91 Å². The number of ether oxygens (including phenoxy) is 1. The van der Waals surface area contributed by atoms with E-state index in [4.69, 9.17) is 4.74 Å². The fourth-order valence-electron chi connectivity index (χ4n) is 3.43. The maximum atomic E-state index is 12.8. The summed E-state index contributed by atoms with van der Waals surface area (Å²) in [5.41, 5.74) is 0.560. The van der Waals surface area contributed by atoms with Crippen LogP contribution in [0.15, 0.2) is 23.0 Å². The van der Waals surface area contributed by atoms with Crippen LogP contribution in [0.25, 0.3) is 10.9 Å². The van der Waals surface area contributed by atoms with Crippen molar-refractivity contribution in [3.63, 3.8) is 0 Å². The Morgan fingerprint density at radius 2 is 1.90 bits per heavy atom. The van der Waals surface area contributed by atoms with Crippen molar-refractivity contribution in [2.75, 3.05) is 19.7 Å². The molecule has 0 saturated carbocycles. The molecule has 1 aromatic carbocycles. The first-order valence-corrected chi connectivity index (χ1v) is 10.2. The van der Waals surface area contributed by atoms with Crippen LogP contribution in [0.5, 0.6) is 0 Å². The number of carbonyl (C=O) groups is 3. The molecule has 0 unspecified atom stereocenters. The SMILES string of the molecule is CCNC(=O)CNC(=O)COC(=O)c1ccc2c(=O)n3c(nc2c1)CCCCCC3. The van der Waals surface area contributed by atoms with Gasteiger partial charge in [-0.3, -0.25) is 19.0 Å². The van der Waals surface area contributed by atoms with E-state index in [-0.39, 0.29) is 23.6 Å². The van der Waals surface area contributed by atoms with Crippen molar-refractivity contribution >= 4 is 28.7 Å². The normalized spacial score (nSPS) is 13.6. The number of aromatic nitrogens is 2. The Labute approximate surface area is 173 Å². The van der Waals surface area contributed by atoms with Gasteiger partial charge >= 0.3 is 5.97 Å². The fourth-order valence-corrected chi connectivity index (χ4v) is 3.43. The van der Waals surface area contributed by atoms with Crippen LogP contribution < -0.4 is 16.2 Å². The number of hydrogen-bond acceptors (Lipinski definition) is 6. The Balaban J connectivity index is 1.69. The largest absolute Gasteiger partial charge is 0.452 e. The van der Waals surface area contributed by atoms with Crippen LogP contribution in [0, 0.1) is 0 Å². The lowest BCUT2D eigenvalue weighted by molar-refractivity contribution is -0.127. The molecule has 9 heteroatoms. The number of benzene rings is 1. The highest BCUT2D eigenvalue weighted by molar-refractivity contribution is 5.95. The van der Waals surface area contributed by atoms with Crippen LogP contribution >= 0.6 is 0 Å². The lowest BCUT2D eigenvalue weighted by atomic mass is 10.1. The summed E-state index contributed by atoms with van der Waals surface area (Å²) in [5.74, 6) is -0.854. The number of fused-ring (bicyclic) bond motifs is 2. The molecule has 0 bridgehead atoms. The molecular weight excluding hydrogens is 388 g/mol. The van der Waals surface area contributed by atoms with E-state index >= 15 is 0 Å². The van der Waals surface area contributed by atoms with Gasteiger partial charge in [-0.25, -0.2) is 9.78 Å². The second kappa shape index (κ2) is 10.00. The zero-order valence-corrected chi connectivity index (χ0v) is 17.0. The van der Waals surface area contributed by atoms with Crippen LogP contribution in [0.4, 0.5) is 0 Å². The molecule has 0 spiro atoms. The Bertz CT molecular complexity index is 1010. The van der Waals surface area contributed by atoms with Crippen molar-refractivity contribution in [2.24, 2.45) is 0 Å². The average molecular weight is 414 g/mol. The molecule has 30 heavy (non-hydrogen) atoms. The van der Waals surface area contributed by atoms with Crippen LogP contribution in [-0.2, 0) is 27.3 Å². The van der Waals surface area contributed by atoms with E-state index in [0.29, 0.717) is 24.0 Å². The van der Waals surface area contributed by atoms with E-state index in [2.05, 4.69) is 15.6 Å². The first-order valence-electron chi connectivity index (χ1n) is 10.2. The predicted molar refractivity (Wildman–Crippen MR) is 110 cm³/mol. The number of hydrogen-bond donors (Lipinski definition) is 2. The molecule has 2 heterocycles. The van der Waals surface area contributed by atoms with E-state index in [1.807, 2.05) is 0 Å². The standard InChI is InChI=1S/C21H26N4O5/c1-2-22-18(26)12-23-19(27)13-30-21(29)14-8-9-15-16(11-14)24-17-7-5-3-4-6-10-25(17)20(15)28/h8-9,11H,2-7,10,12-13H2,1H3,(H,22,26)(H,23,27). The van der Waals surface area contributed by atoms with Crippen molar-refractivity contribution in [3.05, 3.63) is 39.9 Å². The van der Waals surface area contributed by atoms with Gasteiger partial charge in [-0.15, -0.1) is 0 Å². The zero-order chi connectivity index (χ0) is 21.5. The van der Waals surface area contributed by atoms with Gasteiger partial charge in [-0.1, -0.05) is 12.8 Å². The lowest BCUT2D eigenvalue weighted by Gasteiger charge is -2.16. The number of esters is 1. The van der Waals surface area contributed by atoms with Crippen LogP contribution in [-0.4, -0.2) is 47.0 Å². The van der Waals surface area contributed by atoms with Crippen molar-refractivity contribution in [1.29, 1.82) is 0 Å². The minimum atomic E-state index is -0.696. The van der Waals surface area contributed by atoms with Gasteiger partial charge in [0, 0.05) is 19.5 Å². The molecule has 3 rings (SSSR count). The Kier molecular flexibility index (Phi) is 7.16. The molecule has 0 fully saturated rings. The van der Waals surface area contributed by atoms with E-state index in [1.54, 1.807) is 17.6 Å². The number of nitrogens with zero attached hydrogens (tertiary/aromatic N) is 2. The van der Waals surface area contributed by atoms with Gasteiger partial charge in [-0.05, 0) is 38.0 Å². The second-order valence-corrected chi connectivity index (χ2v) is 7.19. The minimum absolute atomic E-state index is 0.0958. The zero-order valence-electron chi connectivity index (χ0n) is 17.0. The third kappa shape index (κ3) is 5.22. The molecule has 2 aromatic rings. The summed E-state index contributed by atoms with van der Waals surface area (Å²) in [6.07, 6.45) is 4.87. The highest BCUT2D eigenvalue weighted by Crippen LogP contribution is 2.16. The number of rotatable bonds is 6. The molecule has 2 amide bonds. The molecule has 2 N–H and O–H groups in total. The topological polar surface area (TPSA) is 119 Å². The van der Waals surface area contributed by atoms with Crippen molar-refractivity contribution in [3.8, 4) is 0 Å². The Morgan fingerprint density at radius 1 is 1.10 bits per heavy atom. The summed E-state index contributed by atoms with van der Waals surface area (Å²) in [5, 5.41) is 5.37. The molecule has 0 aliphatic carbocycles. The first-order chi connectivity index (χ1) is 14.5. The van der Waals surface area contributed by atoms with Crippen molar-refractivity contribution in [1.82, 2.24) is 20.2 Å². The monoisotopic (exact) mass is 414 g/mol. The minimum Gasteiger partial charge on any atom is -0.452 e. The molecule has 1 aliphatic rings. The number of nitrogens with one attached hydrogen (secondary N) is 2. The summed E-state index contributed by atoms with van der Waals surface area (Å²) in [6.45, 7) is 2.21. The quantitative estimate of drug-likeness (QED) is 0.679. The van der Waals surface area contributed by atoms with Crippen molar-refractivity contribution < 1.29 is 19.1 Å². The first kappa shape index (κ1) is 21.5. The van der Waals surface area contributed by atoms with Crippen LogP contribution in [0.2, 0.25) is 0 Å². The summed E-state index contributed by atoms with van der Waals surface area (Å²) in [6, 6.07) is 4.59. The molecule has 0 atom stereocenters. The van der Waals surface area contributed by atoms with Gasteiger partial charge < -0.3 is 15.4 Å². The van der Waals surface area contributed by atoms with Gasteiger partial charge in [0.05, 0.1) is 23.0 Å². The smallest absolute Gasteiger partial charge is 0.338 e. The summed E-state index contributed by atoms with van der Waals surface area (Å²) >= 11 is 0. The van der Waals surface area contributed by atoms with Crippen LogP contribution in [0.1, 0.15) is 48.8 Å². The fraction of sp³-hybridized carbons (Fsp3) is 0.476. The van der Waals surface area contributed by atoms with E-state index < -0.39 is 18.5 Å². The van der Waals surface area contributed by atoms with Gasteiger partial charge in [0.15, 0.2) is 6.61 Å². The van der Waals surface area contributed by atoms with Gasteiger partial charge in [-0.2, -0.15) is 0 Å². The maximum absolute atomic E-state index is 12.8. The third-order valence-corrected chi connectivity index (χ3v) is 4.96. The lowest BCUT2D eigenvalue weighted by Crippen LogP contribution is -2.38. The highest BCUT2D eigenvalue weighted by Gasteiger charge is 2.16. The molecule has 9 nitrogen and oxygen atoms in total. The molecule has 160 valence electrons. The van der Waals surface area contributed by atoms with Gasteiger partial charge in [0.1, 0.15) is 5.82 Å². The summed E-state index contributed by atoms with van der Waals surface area (Å²) in [7, 11) is 0. The summed E-state index contributed by atoms with van der Waals surface area (Å²) < 4.78 is 6.75. The van der Waals surface area contributed by atoms with E-state index in [0.717, 1.165) is 37.9 Å². The van der Waals surface area contributed by atoms with E-state index in [9.17, 15) is 19.2 Å². The average Bonchev–Trinajstić information content (AvgIpc) is 2.71. The number of carbonyl (C=O) groups excluding carboxylic acids is 3. The second-order valence-electron chi connectivity index (χ2n) is 7.19. The van der Waals surface area contributed by atoms with Gasteiger partial charge in [0.25, 0.3) is 11.5 Å². The molecule has 0 radical (unpaired) electrons. The van der Waals surface area contributed by atoms with Crippen LogP contribution in [0.3, 0.4) is 0 Å². The highest BCUT2D eigenvalue weighted by atomic mass is 16.5. The molecular formula is C21H26N4O5. The van der Waals surface area contributed by atoms with Crippen molar-refractivity contribution in [2.45, 2.75) is 45.6 Å². The number of likely N-dealkylation sites (N-methyl/N-ethyl adjacent to an activating group) is 1. The third-order valence-electron chi connectivity index (χ3n) is 4.96. The summed E-state index contributed by atoms with van der Waals surface area (Å²) in [4.78, 5) is 52.8. The Morgan fingerprint density at radius 3 is 2.70 bits per heavy atom.